The summed E-state index contributed by atoms with van der Waals surface area (Å²) in [6.07, 6.45) is 12.2. The molecule has 2 amide bonds. The van der Waals surface area contributed by atoms with Gasteiger partial charge in [0, 0.05) is 44.2 Å². The molecule has 0 radical (unpaired) electrons. The van der Waals surface area contributed by atoms with Gasteiger partial charge in [-0.15, -0.1) is 0 Å². The van der Waals surface area contributed by atoms with Crippen LogP contribution >= 0.6 is 0 Å². The molecule has 1 atom stereocenters. The maximum absolute atomic E-state index is 12.4. The summed E-state index contributed by atoms with van der Waals surface area (Å²) in [6, 6.07) is -0.838. The van der Waals surface area contributed by atoms with Crippen molar-refractivity contribution >= 4 is 17.8 Å². The summed E-state index contributed by atoms with van der Waals surface area (Å²) in [6.45, 7) is 3.41. The molecular formula is C23H41N5O5. The summed E-state index contributed by atoms with van der Waals surface area (Å²) in [4.78, 5) is 42.8. The van der Waals surface area contributed by atoms with Gasteiger partial charge in [-0.2, -0.15) is 0 Å². The van der Waals surface area contributed by atoms with Gasteiger partial charge in [0.1, 0.15) is 12.6 Å². The van der Waals surface area contributed by atoms with Gasteiger partial charge < -0.3 is 30.8 Å². The van der Waals surface area contributed by atoms with E-state index in [1.807, 2.05) is 0 Å². The predicted octanol–water partition coefficient (Wildman–Crippen LogP) is 1.60. The van der Waals surface area contributed by atoms with E-state index in [1.54, 1.807) is 6.20 Å². The number of nitrogens with one attached hydrogen (secondary N) is 3. The minimum absolute atomic E-state index is 0.0356. The SMILES string of the molecule is CCCCCCCCCC(=O)NCCOCCOC(=O)[C@H](Cc1cnc[nH]1)NC(=O)CCN. The molecule has 0 aliphatic heterocycles. The summed E-state index contributed by atoms with van der Waals surface area (Å²) in [5, 5.41) is 5.46. The van der Waals surface area contributed by atoms with E-state index in [2.05, 4.69) is 27.5 Å². The third-order valence-corrected chi connectivity index (χ3v) is 5.02. The molecular weight excluding hydrogens is 426 g/mol. The number of rotatable bonds is 20. The lowest BCUT2D eigenvalue weighted by atomic mass is 10.1. The number of nitrogens with zero attached hydrogens (tertiary/aromatic N) is 1. The summed E-state index contributed by atoms with van der Waals surface area (Å²) in [7, 11) is 0. The first-order valence-electron chi connectivity index (χ1n) is 12.0. The van der Waals surface area contributed by atoms with Crippen LogP contribution < -0.4 is 16.4 Å². The molecule has 0 aliphatic rings. The molecule has 33 heavy (non-hydrogen) atoms. The molecule has 0 aromatic carbocycles. The predicted molar refractivity (Wildman–Crippen MR) is 125 cm³/mol. The maximum atomic E-state index is 12.4. The van der Waals surface area contributed by atoms with E-state index in [-0.39, 0.29) is 44.4 Å². The zero-order chi connectivity index (χ0) is 24.2. The fraction of sp³-hybridized carbons (Fsp3) is 0.739. The minimum Gasteiger partial charge on any atom is -0.462 e. The number of hydrogen-bond acceptors (Lipinski definition) is 7. The molecule has 0 aliphatic carbocycles. The molecule has 0 saturated carbocycles. The number of carbonyl (C=O) groups is 3. The van der Waals surface area contributed by atoms with Crippen molar-refractivity contribution in [2.75, 3.05) is 32.9 Å². The van der Waals surface area contributed by atoms with E-state index < -0.39 is 12.0 Å². The van der Waals surface area contributed by atoms with Crippen molar-refractivity contribution in [3.63, 3.8) is 0 Å². The number of H-pyrrole nitrogens is 1. The number of amides is 2. The Bertz CT molecular complexity index is 654. The number of nitrogens with two attached hydrogens (primary N) is 1. The number of ether oxygens (including phenoxy) is 2. The van der Waals surface area contributed by atoms with E-state index in [9.17, 15) is 14.4 Å². The Kier molecular flexibility index (Phi) is 16.5. The molecule has 1 aromatic rings. The van der Waals surface area contributed by atoms with Crippen LogP contribution in [0.5, 0.6) is 0 Å². The normalized spacial score (nSPS) is 11.7. The fourth-order valence-corrected chi connectivity index (χ4v) is 3.20. The zero-order valence-corrected chi connectivity index (χ0v) is 19.9. The van der Waals surface area contributed by atoms with Gasteiger partial charge in [0.25, 0.3) is 0 Å². The van der Waals surface area contributed by atoms with Crippen LogP contribution in [0.2, 0.25) is 0 Å². The van der Waals surface area contributed by atoms with Crippen LogP contribution in [0.4, 0.5) is 0 Å². The average molecular weight is 468 g/mol. The van der Waals surface area contributed by atoms with Gasteiger partial charge in [-0.1, -0.05) is 45.4 Å². The molecule has 0 fully saturated rings. The highest BCUT2D eigenvalue weighted by Crippen LogP contribution is 2.08. The average Bonchev–Trinajstić information content (AvgIpc) is 3.30. The van der Waals surface area contributed by atoms with Crippen molar-refractivity contribution in [3.05, 3.63) is 18.2 Å². The lowest BCUT2D eigenvalue weighted by molar-refractivity contribution is -0.149. The van der Waals surface area contributed by atoms with Crippen molar-refractivity contribution in [2.45, 2.75) is 77.2 Å². The van der Waals surface area contributed by atoms with Crippen molar-refractivity contribution in [3.8, 4) is 0 Å². The monoisotopic (exact) mass is 467 g/mol. The highest BCUT2D eigenvalue weighted by atomic mass is 16.6. The Labute approximate surface area is 196 Å². The van der Waals surface area contributed by atoms with Crippen LogP contribution in [0.25, 0.3) is 0 Å². The third-order valence-electron chi connectivity index (χ3n) is 5.02. The second-order valence-corrected chi connectivity index (χ2v) is 7.94. The van der Waals surface area contributed by atoms with Crippen molar-refractivity contribution in [1.82, 2.24) is 20.6 Å². The molecule has 1 heterocycles. The number of unbranched alkanes of at least 4 members (excludes halogenated alkanes) is 6. The Morgan fingerprint density at radius 1 is 1.03 bits per heavy atom. The minimum atomic E-state index is -0.838. The van der Waals surface area contributed by atoms with Gasteiger partial charge in [0.05, 0.1) is 19.5 Å². The summed E-state index contributed by atoms with van der Waals surface area (Å²) >= 11 is 0. The highest BCUT2D eigenvalue weighted by molar-refractivity contribution is 5.84. The third kappa shape index (κ3) is 15.1. The molecule has 10 heteroatoms. The standard InChI is InChI=1S/C23H41N5O5/c1-2-3-4-5-6-7-8-9-21(29)26-12-13-32-14-15-33-23(31)20(28-22(30)10-11-24)16-19-17-25-18-27-19/h17-18,20H,2-16,24H2,1H3,(H,25,27)(H,26,29)(H,28,30)/t20-/m0/s1. The van der Waals surface area contributed by atoms with Crippen molar-refractivity contribution in [1.29, 1.82) is 0 Å². The smallest absolute Gasteiger partial charge is 0.329 e. The number of hydrogen-bond donors (Lipinski definition) is 4. The second kappa shape index (κ2) is 19.0. The number of esters is 1. The van der Waals surface area contributed by atoms with Crippen LogP contribution in [-0.4, -0.2) is 66.7 Å². The van der Waals surface area contributed by atoms with Crippen LogP contribution in [0.1, 0.15) is 70.4 Å². The Morgan fingerprint density at radius 2 is 1.79 bits per heavy atom. The Morgan fingerprint density at radius 3 is 2.48 bits per heavy atom. The lowest BCUT2D eigenvalue weighted by Gasteiger charge is -2.17. The summed E-state index contributed by atoms with van der Waals surface area (Å²) in [5.41, 5.74) is 6.09. The molecule has 0 unspecified atom stereocenters. The van der Waals surface area contributed by atoms with Gasteiger partial charge in [-0.3, -0.25) is 9.59 Å². The first-order valence-corrected chi connectivity index (χ1v) is 12.0. The van der Waals surface area contributed by atoms with E-state index in [0.717, 1.165) is 12.8 Å². The van der Waals surface area contributed by atoms with E-state index in [4.69, 9.17) is 15.2 Å². The van der Waals surface area contributed by atoms with Crippen molar-refractivity contribution in [2.24, 2.45) is 5.73 Å². The molecule has 5 N–H and O–H groups in total. The number of aromatic nitrogens is 2. The second-order valence-electron chi connectivity index (χ2n) is 7.94. The first-order chi connectivity index (χ1) is 16.1. The Hall–Kier alpha value is -2.46. The first kappa shape index (κ1) is 28.6. The van der Waals surface area contributed by atoms with Gasteiger partial charge in [0.15, 0.2) is 0 Å². The quantitative estimate of drug-likeness (QED) is 0.168. The summed E-state index contributed by atoms with van der Waals surface area (Å²) in [5.74, 6) is -0.836. The van der Waals surface area contributed by atoms with E-state index in [1.165, 1.54) is 38.4 Å². The van der Waals surface area contributed by atoms with Gasteiger partial charge >= 0.3 is 5.97 Å². The van der Waals surface area contributed by atoms with Gasteiger partial charge in [-0.05, 0) is 6.42 Å². The Balaban J connectivity index is 2.11. The van der Waals surface area contributed by atoms with Gasteiger partial charge in [0.2, 0.25) is 11.8 Å². The zero-order valence-electron chi connectivity index (χ0n) is 19.9. The topological polar surface area (TPSA) is 148 Å². The molecule has 0 saturated heterocycles. The summed E-state index contributed by atoms with van der Waals surface area (Å²) < 4.78 is 10.6. The molecule has 188 valence electrons. The van der Waals surface area contributed by atoms with Crippen LogP contribution in [0.15, 0.2) is 12.5 Å². The molecule has 10 nitrogen and oxygen atoms in total. The fourth-order valence-electron chi connectivity index (χ4n) is 3.20. The number of aromatic amines is 1. The lowest BCUT2D eigenvalue weighted by Crippen LogP contribution is -2.44. The maximum Gasteiger partial charge on any atom is 0.329 e. The number of carbonyl (C=O) groups excluding carboxylic acids is 3. The molecule has 0 spiro atoms. The van der Waals surface area contributed by atoms with Crippen molar-refractivity contribution < 1.29 is 23.9 Å². The largest absolute Gasteiger partial charge is 0.462 e. The highest BCUT2D eigenvalue weighted by Gasteiger charge is 2.23. The van der Waals surface area contributed by atoms with Crippen LogP contribution in [-0.2, 0) is 30.3 Å². The van der Waals surface area contributed by atoms with E-state index >= 15 is 0 Å². The van der Waals surface area contributed by atoms with Crippen LogP contribution in [0, 0.1) is 0 Å². The van der Waals surface area contributed by atoms with Gasteiger partial charge in [-0.25, -0.2) is 9.78 Å². The molecule has 1 aromatic heterocycles. The molecule has 1 rings (SSSR count). The van der Waals surface area contributed by atoms with E-state index in [0.29, 0.717) is 25.3 Å². The molecule has 0 bridgehead atoms. The number of imidazole rings is 1. The van der Waals surface area contributed by atoms with Crippen LogP contribution in [0.3, 0.4) is 0 Å².